The summed E-state index contributed by atoms with van der Waals surface area (Å²) >= 11 is 0. The van der Waals surface area contributed by atoms with Crippen molar-refractivity contribution in [1.29, 1.82) is 0 Å². The molecule has 1 saturated heterocycles. The quantitative estimate of drug-likeness (QED) is 0.249. The Balaban J connectivity index is 2.82. The van der Waals surface area contributed by atoms with E-state index in [9.17, 15) is 9.59 Å². The molecule has 4 atom stereocenters. The van der Waals surface area contributed by atoms with Crippen molar-refractivity contribution in [3.8, 4) is 0 Å². The van der Waals surface area contributed by atoms with E-state index in [-0.39, 0.29) is 38.3 Å². The van der Waals surface area contributed by atoms with Gasteiger partial charge in [-0.1, -0.05) is 66.2 Å². The summed E-state index contributed by atoms with van der Waals surface area (Å²) in [5.74, 6) is -4.19. The van der Waals surface area contributed by atoms with Gasteiger partial charge in [0.05, 0.1) is 13.2 Å². The van der Waals surface area contributed by atoms with E-state index in [1.165, 1.54) is 0 Å². The Bertz CT molecular complexity index is 521. The molecular formula is C26H48O8. The molecule has 8 nitrogen and oxygen atoms in total. The number of hydrogen-bond acceptors (Lipinski definition) is 8. The fraction of sp³-hybridized carbons (Fsp3) is 0.923. The van der Waals surface area contributed by atoms with Gasteiger partial charge < -0.3 is 28.4 Å². The molecule has 0 aromatic rings. The Hall–Kier alpha value is -1.22. The Kier molecular flexibility index (Phi) is 14.9. The predicted octanol–water partition coefficient (Wildman–Crippen LogP) is 5.02. The zero-order chi connectivity index (χ0) is 25.5. The lowest BCUT2D eigenvalue weighted by molar-refractivity contribution is -0.367. The maximum Gasteiger partial charge on any atom is 0.369 e. The van der Waals surface area contributed by atoms with Gasteiger partial charge in [-0.3, -0.25) is 0 Å². The number of carbonyl (C=O) groups is 2. The van der Waals surface area contributed by atoms with Gasteiger partial charge in [0.1, 0.15) is 13.2 Å². The smallest absolute Gasteiger partial charge is 0.369 e. The minimum atomic E-state index is -1.73. The molecule has 1 heterocycles. The minimum absolute atomic E-state index is 0.215. The Morgan fingerprint density at radius 1 is 0.706 bits per heavy atom. The summed E-state index contributed by atoms with van der Waals surface area (Å²) in [7, 11) is 0. The number of carbonyl (C=O) groups excluding carboxylic acids is 2. The van der Waals surface area contributed by atoms with Crippen LogP contribution in [0.1, 0.15) is 92.9 Å². The fourth-order valence-electron chi connectivity index (χ4n) is 3.90. The molecule has 1 aliphatic heterocycles. The van der Waals surface area contributed by atoms with Crippen molar-refractivity contribution in [3.05, 3.63) is 0 Å². The SMILES string of the molecule is CCCCC(CC)COC(=O)C1(OCC)COC(OCC)(C(=O)OCC(CC)CCCC)CO1. The van der Waals surface area contributed by atoms with Crippen molar-refractivity contribution in [2.45, 2.75) is 104 Å². The largest absolute Gasteiger partial charge is 0.461 e. The van der Waals surface area contributed by atoms with Gasteiger partial charge in [0, 0.05) is 13.2 Å². The van der Waals surface area contributed by atoms with E-state index < -0.39 is 23.5 Å². The highest BCUT2D eigenvalue weighted by Gasteiger charge is 2.56. The van der Waals surface area contributed by atoms with E-state index in [1.54, 1.807) is 13.8 Å². The lowest BCUT2D eigenvalue weighted by Gasteiger charge is -2.42. The molecule has 0 aromatic heterocycles. The second-order valence-corrected chi connectivity index (χ2v) is 8.98. The molecule has 200 valence electrons. The first-order valence-electron chi connectivity index (χ1n) is 13.3. The van der Waals surface area contributed by atoms with Crippen LogP contribution in [0.25, 0.3) is 0 Å². The van der Waals surface area contributed by atoms with Crippen LogP contribution in [0.5, 0.6) is 0 Å². The maximum atomic E-state index is 13.0. The second kappa shape index (κ2) is 16.5. The Morgan fingerprint density at radius 2 is 1.09 bits per heavy atom. The highest BCUT2D eigenvalue weighted by molar-refractivity contribution is 5.80. The van der Waals surface area contributed by atoms with Gasteiger partial charge in [-0.25, -0.2) is 9.59 Å². The number of hydrogen-bond donors (Lipinski definition) is 0. The summed E-state index contributed by atoms with van der Waals surface area (Å²) in [6, 6.07) is 0. The van der Waals surface area contributed by atoms with E-state index in [0.29, 0.717) is 13.2 Å². The number of unbranched alkanes of at least 4 members (excludes halogenated alkanes) is 2. The summed E-state index contributed by atoms with van der Waals surface area (Å²) in [4.78, 5) is 26.0. The van der Waals surface area contributed by atoms with Crippen molar-refractivity contribution < 1.29 is 38.0 Å². The lowest BCUT2D eigenvalue weighted by Crippen LogP contribution is -2.63. The molecule has 0 aromatic carbocycles. The standard InChI is InChI=1S/C26H48O8/c1-7-13-15-21(9-3)17-29-23(27)25(31-11-5)19-34-26(20-33-25,32-12-6)24(28)30-18-22(10-4)16-14-8-2/h21-22H,7-20H2,1-6H3. The topological polar surface area (TPSA) is 89.5 Å². The molecule has 1 rings (SSSR count). The van der Waals surface area contributed by atoms with Crippen LogP contribution in [0.15, 0.2) is 0 Å². The Morgan fingerprint density at radius 3 is 1.35 bits per heavy atom. The molecule has 0 radical (unpaired) electrons. The van der Waals surface area contributed by atoms with Gasteiger partial charge in [0.15, 0.2) is 0 Å². The zero-order valence-electron chi connectivity index (χ0n) is 22.3. The van der Waals surface area contributed by atoms with Crippen LogP contribution in [0, 0.1) is 11.8 Å². The van der Waals surface area contributed by atoms with Crippen molar-refractivity contribution in [2.75, 3.05) is 39.6 Å². The first kappa shape index (κ1) is 30.8. The molecule has 34 heavy (non-hydrogen) atoms. The van der Waals surface area contributed by atoms with Crippen LogP contribution in [0.2, 0.25) is 0 Å². The first-order chi connectivity index (χ1) is 16.4. The van der Waals surface area contributed by atoms with Crippen LogP contribution in [-0.4, -0.2) is 63.2 Å². The van der Waals surface area contributed by atoms with E-state index >= 15 is 0 Å². The van der Waals surface area contributed by atoms with Crippen molar-refractivity contribution >= 4 is 11.9 Å². The van der Waals surface area contributed by atoms with E-state index in [2.05, 4.69) is 27.7 Å². The van der Waals surface area contributed by atoms with E-state index in [4.69, 9.17) is 28.4 Å². The van der Waals surface area contributed by atoms with Gasteiger partial charge in [-0.05, 0) is 38.5 Å². The minimum Gasteiger partial charge on any atom is -0.461 e. The zero-order valence-corrected chi connectivity index (χ0v) is 22.3. The summed E-state index contributed by atoms with van der Waals surface area (Å²) in [6.07, 6.45) is 8.19. The number of esters is 2. The van der Waals surface area contributed by atoms with Crippen LogP contribution < -0.4 is 0 Å². The van der Waals surface area contributed by atoms with Crippen molar-refractivity contribution in [2.24, 2.45) is 11.8 Å². The highest BCUT2D eigenvalue weighted by atomic mass is 16.8. The third-order valence-electron chi connectivity index (χ3n) is 6.35. The third-order valence-corrected chi connectivity index (χ3v) is 6.35. The van der Waals surface area contributed by atoms with Gasteiger partial charge in [0.2, 0.25) is 0 Å². The van der Waals surface area contributed by atoms with Gasteiger partial charge >= 0.3 is 11.9 Å². The summed E-state index contributed by atoms with van der Waals surface area (Å²) in [6.45, 7) is 12.3. The average molecular weight is 489 g/mol. The van der Waals surface area contributed by atoms with E-state index in [0.717, 1.165) is 51.4 Å². The maximum absolute atomic E-state index is 13.0. The lowest BCUT2D eigenvalue weighted by atomic mass is 10.0. The molecule has 8 heteroatoms. The van der Waals surface area contributed by atoms with Crippen LogP contribution in [-0.2, 0) is 38.0 Å². The van der Waals surface area contributed by atoms with Gasteiger partial charge in [-0.15, -0.1) is 0 Å². The molecule has 1 aliphatic rings. The molecule has 0 N–H and O–H groups in total. The second-order valence-electron chi connectivity index (χ2n) is 8.98. The Labute approximate surface area is 206 Å². The molecular weight excluding hydrogens is 440 g/mol. The third kappa shape index (κ3) is 9.10. The van der Waals surface area contributed by atoms with Crippen molar-refractivity contribution in [3.63, 3.8) is 0 Å². The van der Waals surface area contributed by atoms with Crippen molar-refractivity contribution in [1.82, 2.24) is 0 Å². The van der Waals surface area contributed by atoms with Crippen LogP contribution >= 0.6 is 0 Å². The number of ether oxygens (including phenoxy) is 6. The van der Waals surface area contributed by atoms with Gasteiger partial charge in [-0.2, -0.15) is 0 Å². The normalized spacial score (nSPS) is 24.4. The summed E-state index contributed by atoms with van der Waals surface area (Å²) < 4.78 is 34.2. The molecule has 0 amide bonds. The first-order valence-corrected chi connectivity index (χ1v) is 13.3. The van der Waals surface area contributed by atoms with Crippen LogP contribution in [0.4, 0.5) is 0 Å². The molecule has 0 bridgehead atoms. The number of rotatable bonds is 18. The molecule has 1 fully saturated rings. The summed E-state index contributed by atoms with van der Waals surface area (Å²) in [5.41, 5.74) is 0. The average Bonchev–Trinajstić information content (AvgIpc) is 2.85. The summed E-state index contributed by atoms with van der Waals surface area (Å²) in [5, 5.41) is 0. The fourth-order valence-corrected chi connectivity index (χ4v) is 3.90. The molecule has 0 aliphatic carbocycles. The molecule has 0 spiro atoms. The van der Waals surface area contributed by atoms with E-state index in [1.807, 2.05) is 0 Å². The molecule has 4 unspecified atom stereocenters. The molecule has 0 saturated carbocycles. The predicted molar refractivity (Wildman–Crippen MR) is 129 cm³/mol. The highest BCUT2D eigenvalue weighted by Crippen LogP contribution is 2.31. The van der Waals surface area contributed by atoms with Gasteiger partial charge in [0.25, 0.3) is 11.6 Å². The van der Waals surface area contributed by atoms with Crippen LogP contribution in [0.3, 0.4) is 0 Å². The monoisotopic (exact) mass is 488 g/mol.